The van der Waals surface area contributed by atoms with Gasteiger partial charge in [-0.3, -0.25) is 4.79 Å². The van der Waals surface area contributed by atoms with E-state index in [9.17, 15) is 9.90 Å². The molecule has 108 valence electrons. The zero-order valence-corrected chi connectivity index (χ0v) is 11.5. The van der Waals surface area contributed by atoms with Gasteiger partial charge < -0.3 is 10.2 Å². The second-order valence-electron chi connectivity index (χ2n) is 4.51. The summed E-state index contributed by atoms with van der Waals surface area (Å²) >= 11 is 0. The molecule has 1 aromatic heterocycles. The average Bonchev–Trinajstić information content (AvgIpc) is 2.49. The molecule has 2 rings (SSSR count). The van der Waals surface area contributed by atoms with E-state index in [2.05, 4.69) is 10.5 Å². The lowest BCUT2D eigenvalue weighted by Gasteiger charge is -2.02. The van der Waals surface area contributed by atoms with Crippen LogP contribution in [0.1, 0.15) is 21.5 Å². The Hall–Kier alpha value is -2.73. The smallest absolute Gasteiger partial charge is 0.277 e. The Bertz CT molecular complexity index is 684. The number of hydrogen-bond donors (Lipinski definition) is 3. The molecule has 0 unspecified atom stereocenters. The van der Waals surface area contributed by atoms with Gasteiger partial charge in [0.15, 0.2) is 12.4 Å². The fourth-order valence-electron chi connectivity index (χ4n) is 1.75. The summed E-state index contributed by atoms with van der Waals surface area (Å²) in [5.74, 6) is -0.323. The van der Waals surface area contributed by atoms with Gasteiger partial charge in [0.1, 0.15) is 18.4 Å². The van der Waals surface area contributed by atoms with Crippen LogP contribution in [0.4, 0.5) is 0 Å². The van der Waals surface area contributed by atoms with Gasteiger partial charge in [-0.25, -0.2) is 9.99 Å². The molecule has 1 amide bonds. The summed E-state index contributed by atoms with van der Waals surface area (Å²) in [4.78, 5) is 11.9. The van der Waals surface area contributed by atoms with Gasteiger partial charge in [0.25, 0.3) is 5.91 Å². The molecule has 6 heteroatoms. The number of nitrogens with zero attached hydrogens (tertiary/aromatic N) is 2. The molecule has 21 heavy (non-hydrogen) atoms. The number of nitrogens with one attached hydrogen (secondary N) is 1. The van der Waals surface area contributed by atoms with Crippen LogP contribution < -0.4 is 9.99 Å². The molecule has 1 aromatic carbocycles. The molecule has 0 fully saturated rings. The normalized spacial score (nSPS) is 10.8. The fourth-order valence-corrected chi connectivity index (χ4v) is 1.75. The second kappa shape index (κ2) is 6.62. The molecule has 0 aliphatic heterocycles. The predicted molar refractivity (Wildman–Crippen MR) is 76.7 cm³/mol. The number of phenols is 1. The zero-order chi connectivity index (χ0) is 15.2. The molecule has 0 aliphatic carbocycles. The van der Waals surface area contributed by atoms with Crippen molar-refractivity contribution in [1.29, 1.82) is 0 Å². The minimum atomic E-state index is -0.347. The molecule has 1 heterocycles. The highest BCUT2D eigenvalue weighted by Crippen LogP contribution is 2.16. The fraction of sp³-hybridized carbons (Fsp3) is 0.133. The van der Waals surface area contributed by atoms with Gasteiger partial charge in [-0.15, -0.1) is 0 Å². The molecule has 0 bridgehead atoms. The van der Waals surface area contributed by atoms with E-state index in [0.29, 0.717) is 16.7 Å². The molecule has 2 aromatic rings. The van der Waals surface area contributed by atoms with Crippen LogP contribution in [0.25, 0.3) is 0 Å². The van der Waals surface area contributed by atoms with E-state index < -0.39 is 0 Å². The van der Waals surface area contributed by atoms with Crippen LogP contribution in [0.15, 0.2) is 47.8 Å². The highest BCUT2D eigenvalue weighted by Gasteiger charge is 2.07. The summed E-state index contributed by atoms with van der Waals surface area (Å²) in [6.45, 7) is -0.131. The van der Waals surface area contributed by atoms with Crippen LogP contribution >= 0.6 is 0 Å². The summed E-state index contributed by atoms with van der Waals surface area (Å²) in [5.41, 5.74) is 3.93. The summed E-state index contributed by atoms with van der Waals surface area (Å²) in [5, 5.41) is 22.5. The minimum absolute atomic E-state index is 0.0244. The van der Waals surface area contributed by atoms with Crippen molar-refractivity contribution in [3.8, 4) is 5.75 Å². The number of carbonyl (C=O) groups is 1. The first-order valence-electron chi connectivity index (χ1n) is 6.31. The van der Waals surface area contributed by atoms with E-state index in [1.54, 1.807) is 35.0 Å². The molecule has 0 radical (unpaired) electrons. The number of amides is 1. The van der Waals surface area contributed by atoms with E-state index in [-0.39, 0.29) is 18.3 Å². The van der Waals surface area contributed by atoms with Crippen molar-refractivity contribution in [1.82, 2.24) is 5.43 Å². The quantitative estimate of drug-likeness (QED) is 0.434. The number of hydrazone groups is 1. The van der Waals surface area contributed by atoms with E-state index in [0.717, 1.165) is 0 Å². The molecule has 0 saturated carbocycles. The first-order chi connectivity index (χ1) is 10.1. The van der Waals surface area contributed by atoms with E-state index in [1.165, 1.54) is 12.3 Å². The maximum atomic E-state index is 11.9. The molecule has 0 saturated heterocycles. The first-order valence-corrected chi connectivity index (χ1v) is 6.31. The number of aliphatic hydroxyl groups is 1. The van der Waals surface area contributed by atoms with Crippen molar-refractivity contribution >= 4 is 12.1 Å². The van der Waals surface area contributed by atoms with Gasteiger partial charge in [-0.2, -0.15) is 5.10 Å². The maximum Gasteiger partial charge on any atom is 0.277 e. The van der Waals surface area contributed by atoms with E-state index in [4.69, 9.17) is 5.11 Å². The van der Waals surface area contributed by atoms with Gasteiger partial charge in [0, 0.05) is 11.6 Å². The highest BCUT2D eigenvalue weighted by atomic mass is 16.3. The third kappa shape index (κ3) is 3.87. The lowest BCUT2D eigenvalue weighted by molar-refractivity contribution is -0.671. The van der Waals surface area contributed by atoms with E-state index >= 15 is 0 Å². The Morgan fingerprint density at radius 3 is 2.95 bits per heavy atom. The number of carbonyl (C=O) groups excluding carboxylic acids is 1. The number of aryl methyl sites for hydroxylation is 1. The number of rotatable bonds is 4. The van der Waals surface area contributed by atoms with Crippen molar-refractivity contribution in [2.75, 3.05) is 0 Å². The van der Waals surface area contributed by atoms with Crippen LogP contribution in [-0.2, 0) is 13.7 Å². The number of benzene rings is 1. The van der Waals surface area contributed by atoms with E-state index in [1.807, 2.05) is 13.2 Å². The number of pyridine rings is 1. The Labute approximate surface area is 122 Å². The van der Waals surface area contributed by atoms with Crippen molar-refractivity contribution in [3.05, 3.63) is 59.4 Å². The van der Waals surface area contributed by atoms with Crippen molar-refractivity contribution in [2.24, 2.45) is 12.1 Å². The average molecular weight is 286 g/mol. The molecular formula is C15H16N3O3+. The minimum Gasteiger partial charge on any atom is -0.507 e. The Kier molecular flexibility index (Phi) is 4.63. The molecule has 3 N–H and O–H groups in total. The molecule has 0 spiro atoms. The predicted octanol–water partition coefficient (Wildman–Crippen LogP) is 0.473. The van der Waals surface area contributed by atoms with Crippen molar-refractivity contribution in [3.63, 3.8) is 0 Å². The summed E-state index contributed by atoms with van der Waals surface area (Å²) < 4.78 is 1.76. The second-order valence-corrected chi connectivity index (χ2v) is 4.51. The van der Waals surface area contributed by atoms with Gasteiger partial charge in [0.05, 0.1) is 12.8 Å². The summed E-state index contributed by atoms with van der Waals surface area (Å²) in [6, 6.07) is 8.10. The number of aromatic nitrogens is 1. The number of phenolic OH excluding ortho intramolecular Hbond substituents is 1. The number of aliphatic hydroxyl groups excluding tert-OH is 1. The first kappa shape index (κ1) is 14.7. The molecule has 6 nitrogen and oxygen atoms in total. The third-order valence-corrected chi connectivity index (χ3v) is 2.85. The standard InChI is InChI=1S/C15H15N3O3/c1-18-6-2-3-12(9-18)15(21)17-16-8-13-7-11(10-19)4-5-14(13)20/h2-9,19H,10H2,1H3,(H-,16,17,20,21)/p+1. The van der Waals surface area contributed by atoms with Crippen molar-refractivity contribution in [2.45, 2.75) is 6.61 Å². The Morgan fingerprint density at radius 1 is 1.43 bits per heavy atom. The van der Waals surface area contributed by atoms with Gasteiger partial charge in [-0.05, 0) is 23.8 Å². The Morgan fingerprint density at radius 2 is 2.24 bits per heavy atom. The lowest BCUT2D eigenvalue weighted by Crippen LogP contribution is -2.29. The summed E-state index contributed by atoms with van der Waals surface area (Å²) in [7, 11) is 1.82. The zero-order valence-electron chi connectivity index (χ0n) is 11.5. The van der Waals surface area contributed by atoms with Crippen LogP contribution in [0.3, 0.4) is 0 Å². The molecule has 0 atom stereocenters. The van der Waals surface area contributed by atoms with Crippen LogP contribution in [0.2, 0.25) is 0 Å². The highest BCUT2D eigenvalue weighted by molar-refractivity contribution is 5.94. The largest absolute Gasteiger partial charge is 0.507 e. The summed E-state index contributed by atoms with van der Waals surface area (Å²) in [6.07, 6.45) is 4.82. The SMILES string of the molecule is C[n+]1cccc(C(=O)N/N=C/c2cc(CO)ccc2O)c1. The van der Waals surface area contributed by atoms with Gasteiger partial charge in [0.2, 0.25) is 0 Å². The van der Waals surface area contributed by atoms with Gasteiger partial charge >= 0.3 is 0 Å². The lowest BCUT2D eigenvalue weighted by atomic mass is 10.1. The number of aromatic hydroxyl groups is 1. The molecular weight excluding hydrogens is 270 g/mol. The van der Waals surface area contributed by atoms with Crippen LogP contribution in [0.5, 0.6) is 5.75 Å². The monoisotopic (exact) mass is 286 g/mol. The topological polar surface area (TPSA) is 85.8 Å². The molecule has 0 aliphatic rings. The third-order valence-electron chi connectivity index (χ3n) is 2.85. The van der Waals surface area contributed by atoms with Crippen molar-refractivity contribution < 1.29 is 19.6 Å². The van der Waals surface area contributed by atoms with Crippen LogP contribution in [0, 0.1) is 0 Å². The van der Waals surface area contributed by atoms with Gasteiger partial charge in [-0.1, -0.05) is 6.07 Å². The Balaban J connectivity index is 2.07. The van der Waals surface area contributed by atoms with Crippen LogP contribution in [-0.4, -0.2) is 22.3 Å². The number of hydrogen-bond acceptors (Lipinski definition) is 4. The maximum absolute atomic E-state index is 11.9.